The second-order valence-corrected chi connectivity index (χ2v) is 5.75. The molecule has 1 aliphatic heterocycles. The fourth-order valence-electron chi connectivity index (χ4n) is 2.21. The number of rotatable bonds is 1. The summed E-state index contributed by atoms with van der Waals surface area (Å²) < 4.78 is 1.47. The van der Waals surface area contributed by atoms with Crippen LogP contribution in [0.15, 0.2) is 12.1 Å². The lowest BCUT2D eigenvalue weighted by Gasteiger charge is -2.61. The Balaban J connectivity index is 2.00. The van der Waals surface area contributed by atoms with Gasteiger partial charge in [0.25, 0.3) is 0 Å². The molecule has 0 spiro atoms. The van der Waals surface area contributed by atoms with Crippen molar-refractivity contribution in [3.8, 4) is 0 Å². The van der Waals surface area contributed by atoms with Crippen LogP contribution in [0, 0.1) is 5.41 Å². The maximum Gasteiger partial charge on any atom is 0.200 e. The van der Waals surface area contributed by atoms with Gasteiger partial charge in [-0.1, -0.05) is 13.8 Å². The molecular formula is C11H16N6. The predicted octanol–water partition coefficient (Wildman–Crippen LogP) is 1.14. The molecule has 0 N–H and O–H groups in total. The van der Waals surface area contributed by atoms with Gasteiger partial charge in [-0.05, 0) is 36.4 Å². The average Bonchev–Trinajstić information content (AvgIpc) is 2.72. The molecule has 0 bridgehead atoms. The highest BCUT2D eigenvalue weighted by Gasteiger charge is 2.53. The van der Waals surface area contributed by atoms with Crippen LogP contribution in [0.4, 0.5) is 5.82 Å². The number of hydrogen-bond acceptors (Lipinski definition) is 5. The first-order valence-electron chi connectivity index (χ1n) is 5.75. The Morgan fingerprint density at radius 2 is 1.94 bits per heavy atom. The number of hydrogen-bond donors (Lipinski definition) is 0. The Labute approximate surface area is 99.6 Å². The summed E-state index contributed by atoms with van der Waals surface area (Å²) in [4.78, 5) is 2.29. The Hall–Kier alpha value is -1.72. The van der Waals surface area contributed by atoms with E-state index in [0.717, 1.165) is 12.4 Å². The maximum absolute atomic E-state index is 4.42. The van der Waals surface area contributed by atoms with Gasteiger partial charge in [0.1, 0.15) is 0 Å². The van der Waals surface area contributed by atoms with Crippen molar-refractivity contribution in [1.82, 2.24) is 25.3 Å². The highest BCUT2D eigenvalue weighted by Crippen LogP contribution is 2.47. The lowest BCUT2D eigenvalue weighted by molar-refractivity contribution is 0.0962. The molecule has 2 aromatic heterocycles. The fourth-order valence-corrected chi connectivity index (χ4v) is 2.21. The van der Waals surface area contributed by atoms with E-state index >= 15 is 0 Å². The quantitative estimate of drug-likeness (QED) is 0.738. The predicted molar refractivity (Wildman–Crippen MR) is 63.8 cm³/mol. The third kappa shape index (κ3) is 1.26. The lowest BCUT2D eigenvalue weighted by atomic mass is 9.65. The summed E-state index contributed by atoms with van der Waals surface area (Å²) in [6, 6.07) is 3.87. The van der Waals surface area contributed by atoms with Gasteiger partial charge in [0.05, 0.1) is 0 Å². The summed E-state index contributed by atoms with van der Waals surface area (Å²) in [6.07, 6.45) is 0. The van der Waals surface area contributed by atoms with Crippen LogP contribution >= 0.6 is 0 Å². The van der Waals surface area contributed by atoms with Crippen molar-refractivity contribution in [3.63, 3.8) is 0 Å². The number of nitrogens with zero attached hydrogens (tertiary/aromatic N) is 6. The van der Waals surface area contributed by atoms with Crippen LogP contribution in [-0.2, 0) is 0 Å². The number of fused-ring (bicyclic) bond motifs is 1. The van der Waals surface area contributed by atoms with Crippen LogP contribution in [0.2, 0.25) is 0 Å². The highest BCUT2D eigenvalue weighted by atomic mass is 15.6. The molecule has 6 heteroatoms. The van der Waals surface area contributed by atoms with Gasteiger partial charge < -0.3 is 4.90 Å². The molecule has 0 amide bonds. The molecule has 3 heterocycles. The molecule has 1 saturated heterocycles. The van der Waals surface area contributed by atoms with Gasteiger partial charge in [-0.25, -0.2) is 0 Å². The van der Waals surface area contributed by atoms with Gasteiger partial charge in [0.15, 0.2) is 11.5 Å². The van der Waals surface area contributed by atoms with Crippen LogP contribution in [0.1, 0.15) is 27.7 Å². The van der Waals surface area contributed by atoms with Crippen molar-refractivity contribution in [2.75, 3.05) is 11.4 Å². The van der Waals surface area contributed by atoms with E-state index in [1.807, 2.05) is 12.1 Å². The van der Waals surface area contributed by atoms with Crippen molar-refractivity contribution in [2.45, 2.75) is 33.2 Å². The zero-order valence-corrected chi connectivity index (χ0v) is 10.5. The lowest BCUT2D eigenvalue weighted by Crippen LogP contribution is -2.69. The zero-order chi connectivity index (χ0) is 12.3. The fraction of sp³-hybridized carbons (Fsp3) is 0.636. The molecule has 0 aromatic carbocycles. The van der Waals surface area contributed by atoms with Crippen LogP contribution in [0.25, 0.3) is 5.65 Å². The molecule has 1 fully saturated rings. The molecule has 2 aromatic rings. The normalized spacial score (nSPS) is 21.5. The first-order chi connectivity index (χ1) is 7.92. The van der Waals surface area contributed by atoms with E-state index in [0.29, 0.717) is 11.1 Å². The number of anilines is 1. The van der Waals surface area contributed by atoms with Crippen LogP contribution in [0.3, 0.4) is 0 Å². The summed E-state index contributed by atoms with van der Waals surface area (Å²) in [7, 11) is 0. The van der Waals surface area contributed by atoms with E-state index in [1.165, 1.54) is 4.63 Å². The number of tetrazole rings is 1. The Morgan fingerprint density at radius 3 is 2.59 bits per heavy atom. The van der Waals surface area contributed by atoms with Crippen molar-refractivity contribution >= 4 is 11.5 Å². The first kappa shape index (κ1) is 10.4. The molecule has 90 valence electrons. The van der Waals surface area contributed by atoms with Crippen molar-refractivity contribution in [1.29, 1.82) is 0 Å². The Bertz CT molecular complexity index is 570. The second kappa shape index (κ2) is 2.94. The van der Waals surface area contributed by atoms with Gasteiger partial charge in [-0.2, -0.15) is 0 Å². The molecule has 0 radical (unpaired) electrons. The van der Waals surface area contributed by atoms with Gasteiger partial charge >= 0.3 is 0 Å². The molecule has 6 nitrogen and oxygen atoms in total. The van der Waals surface area contributed by atoms with Crippen LogP contribution in [-0.4, -0.2) is 37.3 Å². The summed E-state index contributed by atoms with van der Waals surface area (Å²) >= 11 is 0. The molecule has 3 rings (SSSR count). The van der Waals surface area contributed by atoms with Crippen LogP contribution < -0.4 is 4.90 Å². The van der Waals surface area contributed by atoms with E-state index < -0.39 is 0 Å². The minimum absolute atomic E-state index is 0.0989. The standard InChI is InChI=1S/C11H16N6/c1-10(2)7-16(11(10,3)4)9-6-5-8-12-14-15-17(8)13-9/h5-6H,7H2,1-4H3. The minimum atomic E-state index is 0.0989. The molecule has 0 atom stereocenters. The van der Waals surface area contributed by atoms with Gasteiger partial charge in [0.2, 0.25) is 0 Å². The molecule has 0 saturated carbocycles. The maximum atomic E-state index is 4.42. The smallest absolute Gasteiger partial charge is 0.200 e. The molecular weight excluding hydrogens is 216 g/mol. The first-order valence-corrected chi connectivity index (χ1v) is 5.75. The summed E-state index contributed by atoms with van der Waals surface area (Å²) in [5, 5.41) is 15.7. The van der Waals surface area contributed by atoms with Gasteiger partial charge in [-0.15, -0.1) is 14.8 Å². The monoisotopic (exact) mass is 232 g/mol. The SMILES string of the molecule is CC1(C)CN(c2ccc3nnnn3n2)C1(C)C. The van der Waals surface area contributed by atoms with Crippen LogP contribution in [0.5, 0.6) is 0 Å². The largest absolute Gasteiger partial charge is 0.349 e. The Morgan fingerprint density at radius 1 is 1.18 bits per heavy atom. The highest BCUT2D eigenvalue weighted by molar-refractivity contribution is 5.50. The average molecular weight is 232 g/mol. The molecule has 0 aliphatic carbocycles. The summed E-state index contributed by atoms with van der Waals surface area (Å²) in [6.45, 7) is 10.0. The van der Waals surface area contributed by atoms with E-state index in [2.05, 4.69) is 53.2 Å². The molecule has 0 unspecified atom stereocenters. The van der Waals surface area contributed by atoms with Crippen molar-refractivity contribution in [3.05, 3.63) is 12.1 Å². The van der Waals surface area contributed by atoms with E-state index in [1.54, 1.807) is 0 Å². The molecule has 17 heavy (non-hydrogen) atoms. The van der Waals surface area contributed by atoms with Crippen molar-refractivity contribution < 1.29 is 0 Å². The minimum Gasteiger partial charge on any atom is -0.349 e. The Kier molecular flexibility index (Phi) is 1.80. The van der Waals surface area contributed by atoms with E-state index in [9.17, 15) is 0 Å². The summed E-state index contributed by atoms with van der Waals surface area (Å²) in [5.74, 6) is 0.925. The van der Waals surface area contributed by atoms with E-state index in [4.69, 9.17) is 0 Å². The van der Waals surface area contributed by atoms with Gasteiger partial charge in [0, 0.05) is 17.5 Å². The third-order valence-corrected chi connectivity index (χ3v) is 4.22. The zero-order valence-electron chi connectivity index (χ0n) is 10.5. The number of aromatic nitrogens is 5. The summed E-state index contributed by atoms with van der Waals surface area (Å²) in [5.41, 5.74) is 1.07. The molecule has 1 aliphatic rings. The third-order valence-electron chi connectivity index (χ3n) is 4.22. The second-order valence-electron chi connectivity index (χ2n) is 5.75. The topological polar surface area (TPSA) is 59.2 Å². The van der Waals surface area contributed by atoms with E-state index in [-0.39, 0.29) is 5.54 Å². The van der Waals surface area contributed by atoms with Gasteiger partial charge in [-0.3, -0.25) is 0 Å². The van der Waals surface area contributed by atoms with Crippen molar-refractivity contribution in [2.24, 2.45) is 5.41 Å².